The van der Waals surface area contributed by atoms with E-state index in [-0.39, 0.29) is 0 Å². The molecule has 1 unspecified atom stereocenters. The molecule has 1 aliphatic heterocycles. The summed E-state index contributed by atoms with van der Waals surface area (Å²) in [7, 11) is 0. The Hall–Kier alpha value is -2.24. The summed E-state index contributed by atoms with van der Waals surface area (Å²) in [5.41, 5.74) is -5.02. The summed E-state index contributed by atoms with van der Waals surface area (Å²) in [6.45, 7) is 0.993. The van der Waals surface area contributed by atoms with Crippen LogP contribution in [0.3, 0.4) is 0 Å². The third-order valence-corrected chi connectivity index (χ3v) is 3.50. The van der Waals surface area contributed by atoms with E-state index in [0.717, 1.165) is 31.5 Å². The zero-order valence-corrected chi connectivity index (χ0v) is 12.4. The molecule has 138 valence electrons. The van der Waals surface area contributed by atoms with Gasteiger partial charge >= 0.3 is 18.0 Å². The second-order valence-corrected chi connectivity index (χ2v) is 5.33. The monoisotopic (exact) mass is 373 g/mol. The lowest BCUT2D eigenvalue weighted by molar-refractivity contribution is -0.400. The van der Waals surface area contributed by atoms with Crippen molar-refractivity contribution < 1.29 is 40.6 Å². The number of hydrogen-bond donors (Lipinski definition) is 1. The molecule has 1 aliphatic rings. The number of pyridine rings is 1. The fourth-order valence-corrected chi connectivity index (χ4v) is 2.22. The Labute approximate surface area is 135 Å². The molecule has 0 fully saturated rings. The summed E-state index contributed by atoms with van der Waals surface area (Å²) < 4.78 is 92.1. The number of aromatic nitrogens is 1. The van der Waals surface area contributed by atoms with Crippen molar-refractivity contribution in [2.45, 2.75) is 37.1 Å². The van der Waals surface area contributed by atoms with Gasteiger partial charge < -0.3 is 5.11 Å². The number of carbonyl (C=O) groups is 1. The second kappa shape index (κ2) is 5.64. The number of nitrogens with zero attached hydrogens (tertiary/aromatic N) is 3. The predicted molar refractivity (Wildman–Crippen MR) is 69.0 cm³/mol. The summed E-state index contributed by atoms with van der Waals surface area (Å²) in [6.07, 6.45) is -5.93. The maximum absolute atomic E-state index is 14.1. The lowest BCUT2D eigenvalue weighted by atomic mass is 9.93. The maximum atomic E-state index is 14.1. The smallest absolute Gasteiger partial charge is 0.364 e. The number of hydrazone groups is 1. The largest absolute Gasteiger partial charge is 0.460 e. The van der Waals surface area contributed by atoms with Crippen LogP contribution in [0.25, 0.3) is 0 Å². The Morgan fingerprint density at radius 1 is 1.16 bits per heavy atom. The normalized spacial score (nSPS) is 22.1. The molecule has 0 aliphatic carbocycles. The molecule has 5 nitrogen and oxygen atoms in total. The van der Waals surface area contributed by atoms with Gasteiger partial charge in [-0.05, 0) is 19.1 Å². The summed E-state index contributed by atoms with van der Waals surface area (Å²) >= 11 is 0. The van der Waals surface area contributed by atoms with Crippen LogP contribution in [0.15, 0.2) is 29.6 Å². The van der Waals surface area contributed by atoms with Crippen LogP contribution in [0.2, 0.25) is 0 Å². The van der Waals surface area contributed by atoms with Crippen molar-refractivity contribution in [1.29, 1.82) is 0 Å². The van der Waals surface area contributed by atoms with Crippen molar-refractivity contribution in [2.75, 3.05) is 0 Å². The van der Waals surface area contributed by atoms with E-state index in [1.54, 1.807) is 0 Å². The Bertz CT molecular complexity index is 705. The van der Waals surface area contributed by atoms with E-state index in [2.05, 4.69) is 10.1 Å². The first kappa shape index (κ1) is 19.1. The van der Waals surface area contributed by atoms with Gasteiger partial charge in [0.25, 0.3) is 5.91 Å². The maximum Gasteiger partial charge on any atom is 0.460 e. The van der Waals surface area contributed by atoms with Gasteiger partial charge in [0.1, 0.15) is 0 Å². The summed E-state index contributed by atoms with van der Waals surface area (Å²) in [4.78, 5) is 15.7. The number of carbonyl (C=O) groups excluding carboxylic acids is 1. The minimum absolute atomic E-state index is 0.391. The van der Waals surface area contributed by atoms with Gasteiger partial charge in [-0.3, -0.25) is 9.78 Å². The van der Waals surface area contributed by atoms with Gasteiger partial charge in [-0.1, -0.05) is 0 Å². The fraction of sp³-hybridized carbons (Fsp3) is 0.462. The molecule has 0 bridgehead atoms. The highest BCUT2D eigenvalue weighted by atomic mass is 19.4. The van der Waals surface area contributed by atoms with Gasteiger partial charge in [0.05, 0.1) is 0 Å². The van der Waals surface area contributed by atoms with Crippen molar-refractivity contribution >= 4 is 11.6 Å². The van der Waals surface area contributed by atoms with E-state index in [1.165, 1.54) is 0 Å². The molecule has 2 heterocycles. The highest BCUT2D eigenvalue weighted by Crippen LogP contribution is 2.54. The van der Waals surface area contributed by atoms with Crippen LogP contribution in [0.1, 0.15) is 23.7 Å². The lowest BCUT2D eigenvalue weighted by Gasteiger charge is -2.41. The van der Waals surface area contributed by atoms with Gasteiger partial charge in [0.15, 0.2) is 0 Å². The molecule has 0 saturated heterocycles. The highest BCUT2D eigenvalue weighted by molar-refractivity contribution is 5.97. The molecule has 25 heavy (non-hydrogen) atoms. The van der Waals surface area contributed by atoms with Crippen molar-refractivity contribution in [3.05, 3.63) is 30.1 Å². The van der Waals surface area contributed by atoms with E-state index < -0.39 is 52.4 Å². The molecular weight excluding hydrogens is 363 g/mol. The van der Waals surface area contributed by atoms with E-state index >= 15 is 0 Å². The van der Waals surface area contributed by atoms with Crippen molar-refractivity contribution in [3.63, 3.8) is 0 Å². The van der Waals surface area contributed by atoms with Gasteiger partial charge in [-0.15, -0.1) is 0 Å². The summed E-state index contributed by atoms with van der Waals surface area (Å²) in [5.74, 6) is -14.2. The number of alkyl halides is 7. The molecule has 0 aromatic carbocycles. The van der Waals surface area contributed by atoms with E-state index in [9.17, 15) is 40.6 Å². The molecular formula is C13H10F7N3O2. The summed E-state index contributed by atoms with van der Waals surface area (Å²) in [5, 5.41) is 12.8. The van der Waals surface area contributed by atoms with E-state index in [1.807, 2.05) is 0 Å². The average Bonchev–Trinajstić information content (AvgIpc) is 2.82. The Morgan fingerprint density at radius 3 is 2.16 bits per heavy atom. The SMILES string of the molecule is CC1=NN(C(=O)c2ccncc2)C(O)(C(F)(F)C(F)(F)C(F)(F)F)C1. The van der Waals surface area contributed by atoms with E-state index in [0.29, 0.717) is 0 Å². The zero-order valence-electron chi connectivity index (χ0n) is 12.4. The average molecular weight is 373 g/mol. The Kier molecular flexibility index (Phi) is 4.31. The molecule has 0 radical (unpaired) electrons. The van der Waals surface area contributed by atoms with Gasteiger partial charge in [-0.2, -0.15) is 40.8 Å². The first-order valence-corrected chi connectivity index (χ1v) is 6.59. The number of rotatable bonds is 3. The lowest BCUT2D eigenvalue weighted by Crippen LogP contribution is -2.69. The second-order valence-electron chi connectivity index (χ2n) is 5.33. The van der Waals surface area contributed by atoms with Crippen LogP contribution in [-0.2, 0) is 0 Å². The molecule has 2 rings (SSSR count). The fourth-order valence-electron chi connectivity index (χ4n) is 2.22. The van der Waals surface area contributed by atoms with Crippen LogP contribution >= 0.6 is 0 Å². The molecule has 1 aromatic rings. The van der Waals surface area contributed by atoms with E-state index in [4.69, 9.17) is 0 Å². The molecule has 1 atom stereocenters. The quantitative estimate of drug-likeness (QED) is 0.829. The third kappa shape index (κ3) is 2.73. The Balaban J connectivity index is 2.53. The number of amides is 1. The van der Waals surface area contributed by atoms with Crippen molar-refractivity contribution in [2.24, 2.45) is 5.10 Å². The molecule has 1 aromatic heterocycles. The predicted octanol–water partition coefficient (Wildman–Crippen LogP) is 2.82. The molecule has 1 N–H and O–H groups in total. The third-order valence-electron chi connectivity index (χ3n) is 3.50. The van der Waals surface area contributed by atoms with Crippen LogP contribution in [0.5, 0.6) is 0 Å². The first-order chi connectivity index (χ1) is 11.3. The summed E-state index contributed by atoms with van der Waals surface area (Å²) in [6, 6.07) is 1.98. The van der Waals surface area contributed by atoms with Crippen LogP contribution in [0, 0.1) is 0 Å². The first-order valence-electron chi connectivity index (χ1n) is 6.59. The van der Waals surface area contributed by atoms with Crippen LogP contribution in [-0.4, -0.2) is 50.5 Å². The minimum Gasteiger partial charge on any atom is -0.364 e. The molecule has 0 spiro atoms. The molecule has 1 amide bonds. The number of halogens is 7. The number of aliphatic hydroxyl groups is 1. The van der Waals surface area contributed by atoms with Crippen LogP contribution < -0.4 is 0 Å². The standard InChI is InChI=1S/C13H10F7N3O2/c1-7-6-10(25,11(14,15)12(16,17)13(18,19)20)23(22-7)9(24)8-2-4-21-5-3-8/h2-5,25H,6H2,1H3. The van der Waals surface area contributed by atoms with Crippen molar-refractivity contribution in [3.8, 4) is 0 Å². The van der Waals surface area contributed by atoms with Gasteiger partial charge in [0.2, 0.25) is 5.72 Å². The van der Waals surface area contributed by atoms with Crippen molar-refractivity contribution in [1.82, 2.24) is 9.99 Å². The van der Waals surface area contributed by atoms with Gasteiger partial charge in [-0.25, -0.2) is 0 Å². The molecule has 12 heteroatoms. The highest BCUT2D eigenvalue weighted by Gasteiger charge is 2.82. The number of hydrogen-bond acceptors (Lipinski definition) is 4. The van der Waals surface area contributed by atoms with Gasteiger partial charge in [0, 0.05) is 30.1 Å². The van der Waals surface area contributed by atoms with Crippen LogP contribution in [0.4, 0.5) is 30.7 Å². The Morgan fingerprint density at radius 2 is 1.68 bits per heavy atom. The minimum atomic E-state index is -6.66. The topological polar surface area (TPSA) is 65.8 Å². The zero-order chi connectivity index (χ0) is 19.3. The molecule has 0 saturated carbocycles.